The molecule has 0 bridgehead atoms. The van der Waals surface area contributed by atoms with Crippen molar-refractivity contribution in [1.29, 1.82) is 0 Å². The van der Waals surface area contributed by atoms with Gasteiger partial charge < -0.3 is 15.7 Å². The summed E-state index contributed by atoms with van der Waals surface area (Å²) in [6.45, 7) is 4.83. The van der Waals surface area contributed by atoms with Gasteiger partial charge in [-0.2, -0.15) is 0 Å². The number of hydrogen-bond donors (Lipinski definition) is 3. The van der Waals surface area contributed by atoms with Gasteiger partial charge in [-0.15, -0.1) is 0 Å². The zero-order valence-corrected chi connectivity index (χ0v) is 11.4. The number of hydrogen-bond acceptors (Lipinski definition) is 3. The molecule has 0 heterocycles. The van der Waals surface area contributed by atoms with E-state index in [1.165, 1.54) is 12.8 Å². The fourth-order valence-corrected chi connectivity index (χ4v) is 2.28. The molecule has 2 rings (SSSR count). The summed E-state index contributed by atoms with van der Waals surface area (Å²) in [5.41, 5.74) is -0.694. The van der Waals surface area contributed by atoms with Gasteiger partial charge in [-0.05, 0) is 32.2 Å². The van der Waals surface area contributed by atoms with Gasteiger partial charge in [0.2, 0.25) is 0 Å². The summed E-state index contributed by atoms with van der Waals surface area (Å²) in [4.78, 5) is 24.9. The molecule has 2 aliphatic rings. The standard InChI is InChI=1S/C13H23N3O3/c1-2-16(10-3-4-10)8-7-14-12(19)15-9-13(5-6-13)11(17)18/h10H,2-9H2,1H3,(H,17,18)(H2,14,15,19). The lowest BCUT2D eigenvalue weighted by Gasteiger charge is -2.20. The van der Waals surface area contributed by atoms with Crippen molar-refractivity contribution in [3.05, 3.63) is 0 Å². The molecule has 0 spiro atoms. The Balaban J connectivity index is 1.58. The number of carbonyl (C=O) groups excluding carboxylic acids is 1. The average molecular weight is 269 g/mol. The second-order valence-corrected chi connectivity index (χ2v) is 5.55. The molecular formula is C13H23N3O3. The van der Waals surface area contributed by atoms with Gasteiger partial charge >= 0.3 is 12.0 Å². The molecule has 6 nitrogen and oxygen atoms in total. The van der Waals surface area contributed by atoms with Gasteiger partial charge in [0.25, 0.3) is 0 Å². The monoisotopic (exact) mass is 269 g/mol. The highest BCUT2D eigenvalue weighted by atomic mass is 16.4. The van der Waals surface area contributed by atoms with E-state index in [2.05, 4.69) is 22.5 Å². The summed E-state index contributed by atoms with van der Waals surface area (Å²) in [5.74, 6) is -0.807. The van der Waals surface area contributed by atoms with Crippen molar-refractivity contribution < 1.29 is 14.7 Å². The fourth-order valence-electron chi connectivity index (χ4n) is 2.28. The Kier molecular flexibility index (Phi) is 4.29. The van der Waals surface area contributed by atoms with Crippen molar-refractivity contribution in [3.63, 3.8) is 0 Å². The zero-order valence-electron chi connectivity index (χ0n) is 11.4. The van der Waals surface area contributed by atoms with Gasteiger partial charge in [-0.1, -0.05) is 6.92 Å². The van der Waals surface area contributed by atoms with Crippen LogP contribution >= 0.6 is 0 Å². The number of nitrogens with zero attached hydrogens (tertiary/aromatic N) is 1. The summed E-state index contributed by atoms with van der Waals surface area (Å²) in [7, 11) is 0. The predicted octanol–water partition coefficient (Wildman–Crippen LogP) is 0.635. The molecule has 2 fully saturated rings. The number of urea groups is 1. The first kappa shape index (κ1) is 14.1. The highest BCUT2D eigenvalue weighted by Crippen LogP contribution is 2.45. The van der Waals surface area contributed by atoms with Crippen LogP contribution in [0.5, 0.6) is 0 Å². The molecule has 0 aromatic heterocycles. The normalized spacial score (nSPS) is 20.1. The summed E-state index contributed by atoms with van der Waals surface area (Å²) < 4.78 is 0. The van der Waals surface area contributed by atoms with Crippen molar-refractivity contribution in [2.75, 3.05) is 26.2 Å². The third-order valence-electron chi connectivity index (χ3n) is 4.05. The number of likely N-dealkylation sites (N-methyl/N-ethyl adjacent to an activating group) is 1. The van der Waals surface area contributed by atoms with Crippen LogP contribution in [0.1, 0.15) is 32.6 Å². The third-order valence-corrected chi connectivity index (χ3v) is 4.05. The Bertz CT molecular complexity index is 351. The second kappa shape index (κ2) is 5.77. The Labute approximate surface area is 113 Å². The number of carboxylic acids is 1. The van der Waals surface area contributed by atoms with Gasteiger partial charge in [-0.3, -0.25) is 9.69 Å². The molecule has 2 amide bonds. The SMILES string of the molecule is CCN(CCNC(=O)NCC1(C(=O)O)CC1)C1CC1. The van der Waals surface area contributed by atoms with Crippen molar-refractivity contribution in [1.82, 2.24) is 15.5 Å². The number of carboxylic acid groups (broad SMARTS) is 1. The van der Waals surface area contributed by atoms with E-state index in [0.29, 0.717) is 25.4 Å². The molecular weight excluding hydrogens is 246 g/mol. The van der Waals surface area contributed by atoms with E-state index in [9.17, 15) is 9.59 Å². The first-order valence-electron chi connectivity index (χ1n) is 7.06. The van der Waals surface area contributed by atoms with Crippen molar-refractivity contribution in [2.45, 2.75) is 38.6 Å². The van der Waals surface area contributed by atoms with Crippen LogP contribution in [0.2, 0.25) is 0 Å². The molecule has 0 aliphatic heterocycles. The number of amides is 2. The van der Waals surface area contributed by atoms with Crippen LogP contribution in [0.3, 0.4) is 0 Å². The van der Waals surface area contributed by atoms with Gasteiger partial charge in [0.1, 0.15) is 0 Å². The summed E-state index contributed by atoms with van der Waals surface area (Å²) >= 11 is 0. The van der Waals surface area contributed by atoms with Crippen LogP contribution in [0, 0.1) is 5.41 Å². The Morgan fingerprint density at radius 3 is 2.47 bits per heavy atom. The highest BCUT2D eigenvalue weighted by Gasteiger charge is 2.50. The molecule has 108 valence electrons. The number of nitrogens with one attached hydrogen (secondary N) is 2. The predicted molar refractivity (Wildman–Crippen MR) is 71.0 cm³/mol. The minimum Gasteiger partial charge on any atom is -0.481 e. The first-order chi connectivity index (χ1) is 9.07. The molecule has 2 aliphatic carbocycles. The van der Waals surface area contributed by atoms with E-state index in [1.807, 2.05) is 0 Å². The first-order valence-corrected chi connectivity index (χ1v) is 7.06. The van der Waals surface area contributed by atoms with Gasteiger partial charge in [-0.25, -0.2) is 4.79 Å². The highest BCUT2D eigenvalue weighted by molar-refractivity contribution is 5.80. The fraction of sp³-hybridized carbons (Fsp3) is 0.846. The van der Waals surface area contributed by atoms with Crippen LogP contribution in [0.4, 0.5) is 4.79 Å². The minimum absolute atomic E-state index is 0.230. The van der Waals surface area contributed by atoms with Crippen molar-refractivity contribution in [3.8, 4) is 0 Å². The molecule has 0 atom stereocenters. The maximum Gasteiger partial charge on any atom is 0.314 e. The maximum atomic E-state index is 11.6. The van der Waals surface area contributed by atoms with Crippen molar-refractivity contribution >= 4 is 12.0 Å². The summed E-state index contributed by atoms with van der Waals surface area (Å²) in [5, 5.41) is 14.4. The third kappa shape index (κ3) is 3.83. The van der Waals surface area contributed by atoms with E-state index < -0.39 is 11.4 Å². The van der Waals surface area contributed by atoms with Gasteiger partial charge in [0.15, 0.2) is 0 Å². The molecule has 0 radical (unpaired) electrons. The van der Waals surface area contributed by atoms with Crippen LogP contribution < -0.4 is 10.6 Å². The van der Waals surface area contributed by atoms with Crippen LogP contribution in [0.25, 0.3) is 0 Å². The molecule has 2 saturated carbocycles. The summed E-state index contributed by atoms with van der Waals surface area (Å²) in [6.07, 6.45) is 3.85. The lowest BCUT2D eigenvalue weighted by atomic mass is 10.1. The van der Waals surface area contributed by atoms with Crippen molar-refractivity contribution in [2.24, 2.45) is 5.41 Å². The van der Waals surface area contributed by atoms with Crippen LogP contribution in [-0.2, 0) is 4.79 Å². The molecule has 19 heavy (non-hydrogen) atoms. The summed E-state index contributed by atoms with van der Waals surface area (Å²) in [6, 6.07) is 0.441. The van der Waals surface area contributed by atoms with E-state index in [-0.39, 0.29) is 12.6 Å². The number of aliphatic carboxylic acids is 1. The largest absolute Gasteiger partial charge is 0.481 e. The van der Waals surface area contributed by atoms with Crippen LogP contribution in [-0.4, -0.2) is 54.2 Å². The lowest BCUT2D eigenvalue weighted by molar-refractivity contribution is -0.143. The Morgan fingerprint density at radius 2 is 2.00 bits per heavy atom. The Morgan fingerprint density at radius 1 is 1.32 bits per heavy atom. The zero-order chi connectivity index (χ0) is 13.9. The Hall–Kier alpha value is -1.30. The van der Waals surface area contributed by atoms with Crippen LogP contribution in [0.15, 0.2) is 0 Å². The number of rotatable bonds is 8. The van der Waals surface area contributed by atoms with E-state index in [1.54, 1.807) is 0 Å². The minimum atomic E-state index is -0.807. The lowest BCUT2D eigenvalue weighted by Crippen LogP contribution is -2.43. The van der Waals surface area contributed by atoms with Gasteiger partial charge in [0, 0.05) is 25.7 Å². The molecule has 0 aromatic carbocycles. The second-order valence-electron chi connectivity index (χ2n) is 5.55. The van der Waals surface area contributed by atoms with E-state index >= 15 is 0 Å². The van der Waals surface area contributed by atoms with E-state index in [0.717, 1.165) is 13.1 Å². The quantitative estimate of drug-likeness (QED) is 0.604. The molecule has 0 unspecified atom stereocenters. The maximum absolute atomic E-state index is 11.6. The number of carbonyl (C=O) groups is 2. The topological polar surface area (TPSA) is 81.7 Å². The molecule has 3 N–H and O–H groups in total. The molecule has 6 heteroatoms. The molecule has 0 saturated heterocycles. The van der Waals surface area contributed by atoms with Gasteiger partial charge in [0.05, 0.1) is 5.41 Å². The average Bonchev–Trinajstić information content (AvgIpc) is 3.26. The molecule has 0 aromatic rings. The smallest absolute Gasteiger partial charge is 0.314 e. The van der Waals surface area contributed by atoms with E-state index in [4.69, 9.17) is 5.11 Å².